The molecule has 3 N–H and O–H groups in total. The summed E-state index contributed by atoms with van der Waals surface area (Å²) in [4.78, 5) is 0. The van der Waals surface area contributed by atoms with Crippen LogP contribution in [0.5, 0.6) is 0 Å². The molecule has 0 aliphatic heterocycles. The van der Waals surface area contributed by atoms with E-state index in [1.165, 1.54) is 22.3 Å². The minimum absolute atomic E-state index is 0.370. The molecule has 17 heavy (non-hydrogen) atoms. The van der Waals surface area contributed by atoms with Gasteiger partial charge < -0.3 is 0 Å². The number of aryl methyl sites for hydroxylation is 3. The Kier molecular flexibility index (Phi) is 5.16. The molecule has 1 aromatic rings. The van der Waals surface area contributed by atoms with E-state index in [2.05, 4.69) is 52.2 Å². The molecule has 1 rings (SSSR count). The monoisotopic (exact) mass is 234 g/mol. The minimum atomic E-state index is 0.370. The molecule has 0 fully saturated rings. The summed E-state index contributed by atoms with van der Waals surface area (Å²) in [7, 11) is 0. The van der Waals surface area contributed by atoms with Crippen molar-refractivity contribution in [3.05, 3.63) is 34.4 Å². The maximum absolute atomic E-state index is 5.65. The summed E-state index contributed by atoms with van der Waals surface area (Å²) in [5, 5.41) is 0. The van der Waals surface area contributed by atoms with Crippen LogP contribution in [-0.4, -0.2) is 6.04 Å². The first kappa shape index (κ1) is 14.2. The average Bonchev–Trinajstić information content (AvgIpc) is 2.20. The number of rotatable bonds is 5. The van der Waals surface area contributed by atoms with Gasteiger partial charge in [0.1, 0.15) is 0 Å². The van der Waals surface area contributed by atoms with Gasteiger partial charge in [-0.1, -0.05) is 31.5 Å². The predicted octanol–water partition coefficient (Wildman–Crippen LogP) is 3.03. The Balaban J connectivity index is 2.86. The van der Waals surface area contributed by atoms with Gasteiger partial charge in [-0.25, -0.2) is 0 Å². The van der Waals surface area contributed by atoms with E-state index >= 15 is 0 Å². The van der Waals surface area contributed by atoms with Crippen molar-refractivity contribution in [1.82, 2.24) is 5.43 Å². The van der Waals surface area contributed by atoms with Gasteiger partial charge >= 0.3 is 0 Å². The Morgan fingerprint density at radius 2 is 1.65 bits per heavy atom. The molecule has 0 amide bonds. The molecule has 0 saturated carbocycles. The summed E-state index contributed by atoms with van der Waals surface area (Å²) in [6.45, 7) is 11.0. The van der Waals surface area contributed by atoms with Crippen LogP contribution >= 0.6 is 0 Å². The standard InChI is InChI=1S/C15H26N2/c1-10(2)6-14(17-16)9-15-12(4)7-11(3)8-13(15)5/h7-8,10,14,17H,6,9,16H2,1-5H3. The minimum Gasteiger partial charge on any atom is -0.271 e. The van der Waals surface area contributed by atoms with Crippen LogP contribution < -0.4 is 11.3 Å². The number of hydrazine groups is 1. The predicted molar refractivity (Wildman–Crippen MR) is 74.9 cm³/mol. The fourth-order valence-corrected chi connectivity index (χ4v) is 2.56. The van der Waals surface area contributed by atoms with E-state index < -0.39 is 0 Å². The molecule has 0 radical (unpaired) electrons. The highest BCUT2D eigenvalue weighted by Crippen LogP contribution is 2.19. The highest BCUT2D eigenvalue weighted by atomic mass is 15.2. The largest absolute Gasteiger partial charge is 0.271 e. The molecule has 96 valence electrons. The molecule has 0 spiro atoms. The van der Waals surface area contributed by atoms with Gasteiger partial charge in [-0.15, -0.1) is 0 Å². The maximum Gasteiger partial charge on any atom is 0.0253 e. The van der Waals surface area contributed by atoms with Gasteiger partial charge in [0.15, 0.2) is 0 Å². The van der Waals surface area contributed by atoms with Crippen molar-refractivity contribution in [3.63, 3.8) is 0 Å². The summed E-state index contributed by atoms with van der Waals surface area (Å²) >= 11 is 0. The molecule has 1 unspecified atom stereocenters. The molecule has 0 bridgehead atoms. The van der Waals surface area contributed by atoms with E-state index in [0.717, 1.165) is 12.8 Å². The number of hydrogen-bond donors (Lipinski definition) is 2. The molecule has 0 heterocycles. The van der Waals surface area contributed by atoms with Crippen molar-refractivity contribution in [2.75, 3.05) is 0 Å². The lowest BCUT2D eigenvalue weighted by molar-refractivity contribution is 0.422. The third-order valence-electron chi connectivity index (χ3n) is 3.28. The molecule has 0 saturated heterocycles. The van der Waals surface area contributed by atoms with Gasteiger partial charge in [0.05, 0.1) is 0 Å². The normalized spacial score (nSPS) is 13.1. The van der Waals surface area contributed by atoms with Crippen molar-refractivity contribution in [3.8, 4) is 0 Å². The molecule has 0 aromatic heterocycles. The molecule has 1 aromatic carbocycles. The Morgan fingerprint density at radius 3 is 2.06 bits per heavy atom. The fraction of sp³-hybridized carbons (Fsp3) is 0.600. The molecule has 2 nitrogen and oxygen atoms in total. The van der Waals surface area contributed by atoms with E-state index in [1.54, 1.807) is 0 Å². The van der Waals surface area contributed by atoms with Crippen molar-refractivity contribution in [2.45, 2.75) is 53.5 Å². The van der Waals surface area contributed by atoms with Crippen LogP contribution in [0.1, 0.15) is 42.5 Å². The zero-order valence-electron chi connectivity index (χ0n) is 11.8. The molecule has 2 heteroatoms. The van der Waals surface area contributed by atoms with Crippen LogP contribution in [0, 0.1) is 26.7 Å². The first-order valence-electron chi connectivity index (χ1n) is 6.47. The lowest BCUT2D eigenvalue weighted by Gasteiger charge is -2.21. The highest BCUT2D eigenvalue weighted by Gasteiger charge is 2.13. The van der Waals surface area contributed by atoms with E-state index in [-0.39, 0.29) is 0 Å². The van der Waals surface area contributed by atoms with Crippen LogP contribution in [0.25, 0.3) is 0 Å². The van der Waals surface area contributed by atoms with E-state index in [0.29, 0.717) is 12.0 Å². The summed E-state index contributed by atoms with van der Waals surface area (Å²) < 4.78 is 0. The maximum atomic E-state index is 5.65. The number of nitrogens with two attached hydrogens (primary N) is 1. The van der Waals surface area contributed by atoms with Crippen molar-refractivity contribution in [2.24, 2.45) is 11.8 Å². The average molecular weight is 234 g/mol. The first-order chi connectivity index (χ1) is 7.93. The molecular weight excluding hydrogens is 208 g/mol. The summed E-state index contributed by atoms with van der Waals surface area (Å²) in [5.74, 6) is 6.32. The quantitative estimate of drug-likeness (QED) is 0.607. The summed E-state index contributed by atoms with van der Waals surface area (Å²) in [6, 6.07) is 4.88. The van der Waals surface area contributed by atoms with E-state index in [4.69, 9.17) is 5.84 Å². The van der Waals surface area contributed by atoms with Gasteiger partial charge in [0.25, 0.3) is 0 Å². The fourth-order valence-electron chi connectivity index (χ4n) is 2.56. The number of nitrogens with one attached hydrogen (secondary N) is 1. The zero-order chi connectivity index (χ0) is 13.0. The second-order valence-electron chi connectivity index (χ2n) is 5.57. The van der Waals surface area contributed by atoms with Gasteiger partial charge in [-0.05, 0) is 56.2 Å². The topological polar surface area (TPSA) is 38.0 Å². The van der Waals surface area contributed by atoms with Crippen LogP contribution in [0.15, 0.2) is 12.1 Å². The van der Waals surface area contributed by atoms with Crippen LogP contribution in [0.2, 0.25) is 0 Å². The highest BCUT2D eigenvalue weighted by molar-refractivity contribution is 5.38. The van der Waals surface area contributed by atoms with E-state index in [1.807, 2.05) is 0 Å². The van der Waals surface area contributed by atoms with Crippen LogP contribution in [0.4, 0.5) is 0 Å². The summed E-state index contributed by atoms with van der Waals surface area (Å²) in [5.41, 5.74) is 8.49. The van der Waals surface area contributed by atoms with Crippen LogP contribution in [0.3, 0.4) is 0 Å². The Labute approximate surface area is 106 Å². The van der Waals surface area contributed by atoms with Crippen molar-refractivity contribution >= 4 is 0 Å². The zero-order valence-corrected chi connectivity index (χ0v) is 11.8. The molecule has 0 aliphatic carbocycles. The van der Waals surface area contributed by atoms with Crippen molar-refractivity contribution in [1.29, 1.82) is 0 Å². The smallest absolute Gasteiger partial charge is 0.0253 e. The van der Waals surface area contributed by atoms with Gasteiger partial charge in [0.2, 0.25) is 0 Å². The summed E-state index contributed by atoms with van der Waals surface area (Å²) in [6.07, 6.45) is 2.13. The lowest BCUT2D eigenvalue weighted by atomic mass is 9.91. The van der Waals surface area contributed by atoms with Crippen molar-refractivity contribution < 1.29 is 0 Å². The van der Waals surface area contributed by atoms with E-state index in [9.17, 15) is 0 Å². The second-order valence-corrected chi connectivity index (χ2v) is 5.57. The van der Waals surface area contributed by atoms with Gasteiger partial charge in [0, 0.05) is 6.04 Å². The molecule has 0 aliphatic rings. The van der Waals surface area contributed by atoms with Crippen LogP contribution in [-0.2, 0) is 6.42 Å². The Bertz CT molecular complexity index is 346. The molecular formula is C15H26N2. The van der Waals surface area contributed by atoms with Gasteiger partial charge in [-0.3, -0.25) is 11.3 Å². The number of benzene rings is 1. The first-order valence-corrected chi connectivity index (χ1v) is 6.47. The Hall–Kier alpha value is -0.860. The molecule has 1 atom stereocenters. The van der Waals surface area contributed by atoms with Gasteiger partial charge in [-0.2, -0.15) is 0 Å². The third-order valence-corrected chi connectivity index (χ3v) is 3.28. The SMILES string of the molecule is Cc1cc(C)c(CC(CC(C)C)NN)c(C)c1. The number of hydrogen-bond acceptors (Lipinski definition) is 2. The Morgan fingerprint density at radius 1 is 1.12 bits per heavy atom. The second kappa shape index (κ2) is 6.18. The third kappa shape index (κ3) is 4.14. The lowest BCUT2D eigenvalue weighted by Crippen LogP contribution is -2.38.